The normalized spacial score (nSPS) is 11.3. The van der Waals surface area contributed by atoms with Crippen LogP contribution in [0.1, 0.15) is 42.6 Å². The highest BCUT2D eigenvalue weighted by atomic mass is 127. The summed E-state index contributed by atoms with van der Waals surface area (Å²) >= 11 is 0. The van der Waals surface area contributed by atoms with Crippen molar-refractivity contribution in [3.63, 3.8) is 0 Å². The maximum Gasteiger partial charge on any atom is 0.228 e. The van der Waals surface area contributed by atoms with Crippen LogP contribution in [0.5, 0.6) is 5.75 Å². The Morgan fingerprint density at radius 2 is 1.93 bits per heavy atom. The molecular formula is C19H30IN5O2. The molecule has 2 rings (SSSR count). The van der Waals surface area contributed by atoms with Crippen LogP contribution in [0.4, 0.5) is 0 Å². The molecule has 2 aromatic rings. The van der Waals surface area contributed by atoms with Gasteiger partial charge in [-0.2, -0.15) is 4.98 Å². The number of nitrogens with zero attached hydrogens (tertiary/aromatic N) is 3. The summed E-state index contributed by atoms with van der Waals surface area (Å²) in [6.07, 6.45) is 1.51. The molecule has 0 aliphatic heterocycles. The predicted molar refractivity (Wildman–Crippen MR) is 118 cm³/mol. The summed E-state index contributed by atoms with van der Waals surface area (Å²) in [5, 5.41) is 10.5. The first-order valence-electron chi connectivity index (χ1n) is 8.94. The number of ether oxygens (including phenoxy) is 1. The van der Waals surface area contributed by atoms with Gasteiger partial charge in [-0.1, -0.05) is 36.7 Å². The highest BCUT2D eigenvalue weighted by Gasteiger charge is 2.09. The Morgan fingerprint density at radius 1 is 1.22 bits per heavy atom. The van der Waals surface area contributed by atoms with Crippen LogP contribution < -0.4 is 15.4 Å². The number of benzene rings is 1. The summed E-state index contributed by atoms with van der Waals surface area (Å²) in [6.45, 7) is 7.60. The SMILES string of the molecule is CN=C(NCCc1nc(C(C)C)no1)NCCc1cc(C)ccc1OC.I. The number of hydrogen-bond donors (Lipinski definition) is 2. The van der Waals surface area contributed by atoms with Crippen LogP contribution in [-0.4, -0.2) is 43.3 Å². The highest BCUT2D eigenvalue weighted by molar-refractivity contribution is 14.0. The van der Waals surface area contributed by atoms with Gasteiger partial charge in [0, 0.05) is 32.5 Å². The van der Waals surface area contributed by atoms with Crippen molar-refractivity contribution in [3.8, 4) is 5.75 Å². The van der Waals surface area contributed by atoms with Gasteiger partial charge in [0.25, 0.3) is 0 Å². The van der Waals surface area contributed by atoms with Crippen molar-refractivity contribution in [1.29, 1.82) is 0 Å². The number of nitrogens with one attached hydrogen (secondary N) is 2. The molecule has 8 heteroatoms. The average molecular weight is 487 g/mol. The van der Waals surface area contributed by atoms with Gasteiger partial charge in [-0.05, 0) is 25.0 Å². The first kappa shape index (κ1) is 23.2. The summed E-state index contributed by atoms with van der Waals surface area (Å²) in [4.78, 5) is 8.61. The van der Waals surface area contributed by atoms with Crippen LogP contribution >= 0.6 is 24.0 Å². The van der Waals surface area contributed by atoms with E-state index in [0.29, 0.717) is 18.9 Å². The first-order valence-corrected chi connectivity index (χ1v) is 8.94. The van der Waals surface area contributed by atoms with Gasteiger partial charge in [-0.3, -0.25) is 4.99 Å². The van der Waals surface area contributed by atoms with Crippen molar-refractivity contribution in [3.05, 3.63) is 41.0 Å². The molecule has 0 fully saturated rings. The Labute approximate surface area is 178 Å². The van der Waals surface area contributed by atoms with Gasteiger partial charge in [-0.25, -0.2) is 0 Å². The van der Waals surface area contributed by atoms with Gasteiger partial charge >= 0.3 is 0 Å². The summed E-state index contributed by atoms with van der Waals surface area (Å²) in [5.74, 6) is 3.32. The van der Waals surface area contributed by atoms with E-state index < -0.39 is 0 Å². The minimum Gasteiger partial charge on any atom is -0.496 e. The molecule has 0 amide bonds. The fourth-order valence-electron chi connectivity index (χ4n) is 2.53. The summed E-state index contributed by atoms with van der Waals surface area (Å²) in [6, 6.07) is 6.21. The molecule has 0 radical (unpaired) electrons. The largest absolute Gasteiger partial charge is 0.496 e. The van der Waals surface area contributed by atoms with E-state index >= 15 is 0 Å². The number of hydrogen-bond acceptors (Lipinski definition) is 5. The molecule has 0 spiro atoms. The van der Waals surface area contributed by atoms with Crippen LogP contribution in [-0.2, 0) is 12.8 Å². The van der Waals surface area contributed by atoms with E-state index in [4.69, 9.17) is 9.26 Å². The van der Waals surface area contributed by atoms with Crippen LogP contribution in [0.3, 0.4) is 0 Å². The van der Waals surface area contributed by atoms with Crippen molar-refractivity contribution < 1.29 is 9.26 Å². The molecule has 0 bridgehead atoms. The Kier molecular flexibility index (Phi) is 10.1. The molecule has 27 heavy (non-hydrogen) atoms. The van der Waals surface area contributed by atoms with Crippen LogP contribution in [0, 0.1) is 6.92 Å². The van der Waals surface area contributed by atoms with Crippen molar-refractivity contribution >= 4 is 29.9 Å². The van der Waals surface area contributed by atoms with E-state index in [-0.39, 0.29) is 29.9 Å². The van der Waals surface area contributed by atoms with Gasteiger partial charge in [0.05, 0.1) is 7.11 Å². The van der Waals surface area contributed by atoms with Gasteiger partial charge in [-0.15, -0.1) is 24.0 Å². The lowest BCUT2D eigenvalue weighted by Crippen LogP contribution is -2.39. The Bertz CT molecular complexity index is 731. The van der Waals surface area contributed by atoms with Crippen LogP contribution in [0.25, 0.3) is 0 Å². The van der Waals surface area contributed by atoms with Crippen LogP contribution in [0.15, 0.2) is 27.7 Å². The third-order valence-electron chi connectivity index (χ3n) is 3.98. The second kappa shape index (κ2) is 11.8. The molecule has 2 N–H and O–H groups in total. The van der Waals surface area contributed by atoms with E-state index in [0.717, 1.165) is 30.5 Å². The molecule has 1 aromatic carbocycles. The lowest BCUT2D eigenvalue weighted by molar-refractivity contribution is 0.371. The minimum atomic E-state index is 0. The Balaban J connectivity index is 0.00000364. The van der Waals surface area contributed by atoms with Crippen molar-refractivity contribution in [2.45, 2.75) is 39.5 Å². The maximum atomic E-state index is 5.42. The lowest BCUT2D eigenvalue weighted by Gasteiger charge is -2.13. The molecule has 150 valence electrons. The number of methoxy groups -OCH3 is 1. The topological polar surface area (TPSA) is 84.6 Å². The lowest BCUT2D eigenvalue weighted by atomic mass is 10.1. The fourth-order valence-corrected chi connectivity index (χ4v) is 2.53. The molecular weight excluding hydrogens is 457 g/mol. The molecule has 1 heterocycles. The van der Waals surface area contributed by atoms with E-state index in [1.54, 1.807) is 14.2 Å². The maximum absolute atomic E-state index is 5.42. The zero-order valence-corrected chi connectivity index (χ0v) is 19.0. The number of aromatic nitrogens is 2. The molecule has 0 saturated heterocycles. The van der Waals surface area contributed by atoms with Crippen molar-refractivity contribution in [1.82, 2.24) is 20.8 Å². The molecule has 0 unspecified atom stereocenters. The third-order valence-corrected chi connectivity index (χ3v) is 3.98. The van der Waals surface area contributed by atoms with Crippen molar-refractivity contribution in [2.24, 2.45) is 4.99 Å². The first-order chi connectivity index (χ1) is 12.5. The second-order valence-electron chi connectivity index (χ2n) is 6.44. The number of guanidine groups is 1. The number of rotatable bonds is 8. The average Bonchev–Trinajstić information content (AvgIpc) is 3.10. The Hall–Kier alpha value is -1.84. The number of halogens is 1. The quantitative estimate of drug-likeness (QED) is 0.338. The van der Waals surface area contributed by atoms with E-state index in [1.807, 2.05) is 19.9 Å². The minimum absolute atomic E-state index is 0. The molecule has 0 atom stereocenters. The van der Waals surface area contributed by atoms with Gasteiger partial charge in [0.15, 0.2) is 11.8 Å². The smallest absolute Gasteiger partial charge is 0.228 e. The molecule has 1 aromatic heterocycles. The summed E-state index contributed by atoms with van der Waals surface area (Å²) < 4.78 is 10.7. The highest BCUT2D eigenvalue weighted by Crippen LogP contribution is 2.19. The standard InChI is InChI=1S/C19H29N5O2.HI/c1-13(2)18-23-17(26-24-18)9-11-22-19(20-4)21-10-8-15-12-14(3)6-7-16(15)25-5;/h6-7,12-13H,8-11H2,1-5H3,(H2,20,21,22);1H. The zero-order valence-electron chi connectivity index (χ0n) is 16.7. The van der Waals surface area contributed by atoms with E-state index in [2.05, 4.69) is 44.8 Å². The fraction of sp³-hybridized carbons (Fsp3) is 0.526. The van der Waals surface area contributed by atoms with E-state index in [9.17, 15) is 0 Å². The predicted octanol–water partition coefficient (Wildman–Crippen LogP) is 3.08. The number of aryl methyl sites for hydroxylation is 1. The van der Waals surface area contributed by atoms with Crippen LogP contribution in [0.2, 0.25) is 0 Å². The molecule has 0 saturated carbocycles. The third kappa shape index (κ3) is 7.36. The summed E-state index contributed by atoms with van der Waals surface area (Å²) in [5.41, 5.74) is 2.41. The Morgan fingerprint density at radius 3 is 2.52 bits per heavy atom. The van der Waals surface area contributed by atoms with Gasteiger partial charge in [0.2, 0.25) is 5.89 Å². The van der Waals surface area contributed by atoms with Crippen molar-refractivity contribution in [2.75, 3.05) is 27.2 Å². The second-order valence-corrected chi connectivity index (χ2v) is 6.44. The summed E-state index contributed by atoms with van der Waals surface area (Å²) in [7, 11) is 3.45. The van der Waals surface area contributed by atoms with E-state index in [1.165, 1.54) is 11.1 Å². The monoisotopic (exact) mass is 487 g/mol. The molecule has 0 aliphatic carbocycles. The molecule has 7 nitrogen and oxygen atoms in total. The molecule has 0 aliphatic rings. The van der Waals surface area contributed by atoms with Gasteiger partial charge < -0.3 is 19.9 Å². The van der Waals surface area contributed by atoms with Gasteiger partial charge in [0.1, 0.15) is 5.75 Å². The zero-order chi connectivity index (χ0) is 18.9. The number of aliphatic imine (C=N–C) groups is 1.